The number of rotatable bonds is 4. The zero-order valence-electron chi connectivity index (χ0n) is 26.5. The van der Waals surface area contributed by atoms with Crippen LogP contribution in [-0.4, -0.2) is 53.3 Å². The number of benzene rings is 3. The van der Waals surface area contributed by atoms with Gasteiger partial charge in [0.1, 0.15) is 5.52 Å². The van der Waals surface area contributed by atoms with Crippen LogP contribution in [0.4, 0.5) is 10.1 Å². The highest BCUT2D eigenvalue weighted by atomic mass is 19.1. The van der Waals surface area contributed by atoms with Crippen molar-refractivity contribution in [2.45, 2.75) is 72.8 Å². The van der Waals surface area contributed by atoms with Gasteiger partial charge in [-0.2, -0.15) is 0 Å². The van der Waals surface area contributed by atoms with Crippen LogP contribution in [-0.2, 0) is 24.1 Å². The van der Waals surface area contributed by atoms with Crippen LogP contribution in [0.25, 0.3) is 22.2 Å². The Bertz CT molecular complexity index is 1700. The number of carboxylic acid groups (broad SMARTS) is 1. The first kappa shape index (κ1) is 32.7. The van der Waals surface area contributed by atoms with E-state index in [1.807, 2.05) is 27.0 Å². The number of anilines is 1. The Morgan fingerprint density at radius 1 is 1.14 bits per heavy atom. The minimum absolute atomic E-state index is 0.0627. The summed E-state index contributed by atoms with van der Waals surface area (Å²) >= 11 is 0. The number of oxazole rings is 1. The number of carbonyl (C=O) groups is 2. The van der Waals surface area contributed by atoms with Gasteiger partial charge in [0.05, 0.1) is 24.2 Å². The minimum atomic E-state index is -0.870. The first-order valence-electron chi connectivity index (χ1n) is 14.8. The number of aromatic nitrogens is 1. The van der Waals surface area contributed by atoms with Crippen molar-refractivity contribution in [3.05, 3.63) is 75.4 Å². The van der Waals surface area contributed by atoms with E-state index in [-0.39, 0.29) is 12.2 Å². The Labute approximate surface area is 257 Å². The van der Waals surface area contributed by atoms with Gasteiger partial charge in [-0.3, -0.25) is 9.59 Å². The summed E-state index contributed by atoms with van der Waals surface area (Å²) in [5.74, 6) is -0.277. The number of hydrogen-bond donors (Lipinski definition) is 2. The molecule has 0 aliphatic carbocycles. The summed E-state index contributed by atoms with van der Waals surface area (Å²) < 4.78 is 25.7. The molecule has 8 nitrogen and oxygen atoms in total. The molecule has 234 valence electrons. The van der Waals surface area contributed by atoms with Gasteiger partial charge in [0.25, 0.3) is 0 Å². The molecule has 2 N–H and O–H groups in total. The second-order valence-electron chi connectivity index (χ2n) is 12.3. The average Bonchev–Trinajstić information content (AvgIpc) is 3.51. The first-order valence-corrected chi connectivity index (χ1v) is 14.8. The summed E-state index contributed by atoms with van der Waals surface area (Å²) in [5.41, 5.74) is 8.95. The van der Waals surface area contributed by atoms with Gasteiger partial charge in [-0.25, -0.2) is 9.37 Å². The van der Waals surface area contributed by atoms with Gasteiger partial charge >= 0.3 is 5.97 Å². The molecular formula is C35H41FN2O6. The van der Waals surface area contributed by atoms with E-state index in [0.29, 0.717) is 29.4 Å². The van der Waals surface area contributed by atoms with Gasteiger partial charge in [0.15, 0.2) is 29.3 Å². The van der Waals surface area contributed by atoms with Crippen LogP contribution in [0.1, 0.15) is 71.3 Å². The third-order valence-electron chi connectivity index (χ3n) is 7.56. The number of hydrogen-bond acceptors (Lipinski definition) is 7. The fourth-order valence-corrected chi connectivity index (χ4v) is 5.68. The van der Waals surface area contributed by atoms with Crippen molar-refractivity contribution in [3.8, 4) is 16.9 Å². The first-order chi connectivity index (χ1) is 20.7. The molecule has 0 bridgehead atoms. The zero-order chi connectivity index (χ0) is 32.3. The summed E-state index contributed by atoms with van der Waals surface area (Å²) in [6.45, 7) is 12.4. The lowest BCUT2D eigenvalue weighted by Gasteiger charge is -2.25. The standard InChI is InChI=1S/C22H24FNO3.C9H7NO2.C4H10O/c1-12-9-19-15(6-7-24(19)3)21(16(12)11-20(25)26)17-10-18(23)22-14(13(17)2)5-4-8-27-22;1-6-10-8-4-2-3-7(5-11)9(8)12-6;1-4(2,3)5/h9-10H,4-8,11H2,1-3H3,(H,25,26);2-5H,1H3;5H,1-3H3. The molecule has 2 aliphatic rings. The molecule has 9 heteroatoms. The summed E-state index contributed by atoms with van der Waals surface area (Å²) in [6.07, 6.45) is 3.20. The Balaban J connectivity index is 0.000000214. The fourth-order valence-electron chi connectivity index (χ4n) is 5.68. The van der Waals surface area contributed by atoms with Crippen LogP contribution in [0.15, 0.2) is 34.7 Å². The lowest BCUT2D eigenvalue weighted by molar-refractivity contribution is -0.136. The zero-order valence-corrected chi connectivity index (χ0v) is 26.5. The van der Waals surface area contributed by atoms with Gasteiger partial charge in [-0.1, -0.05) is 6.07 Å². The summed E-state index contributed by atoms with van der Waals surface area (Å²) in [4.78, 5) is 28.4. The van der Waals surface area contributed by atoms with Crippen LogP contribution < -0.4 is 9.64 Å². The highest BCUT2D eigenvalue weighted by Crippen LogP contribution is 2.44. The molecule has 1 aromatic heterocycles. The number of aliphatic carboxylic acids is 1. The number of fused-ring (bicyclic) bond motifs is 3. The molecule has 0 radical (unpaired) electrons. The number of likely N-dealkylation sites (N-methyl/N-ethyl adjacent to an activating group) is 1. The van der Waals surface area contributed by atoms with Gasteiger partial charge in [0, 0.05) is 31.8 Å². The highest BCUT2D eigenvalue weighted by molar-refractivity contribution is 5.92. The van der Waals surface area contributed by atoms with Crippen LogP contribution in [0.3, 0.4) is 0 Å². The number of para-hydroxylation sites is 1. The summed E-state index contributed by atoms with van der Waals surface area (Å²) in [6, 6.07) is 8.92. The maximum Gasteiger partial charge on any atom is 0.307 e. The number of aliphatic hydroxyl groups is 1. The van der Waals surface area contributed by atoms with Crippen LogP contribution in [0, 0.1) is 26.6 Å². The van der Waals surface area contributed by atoms with Crippen molar-refractivity contribution in [2.75, 3.05) is 25.1 Å². The van der Waals surface area contributed by atoms with Crippen LogP contribution in [0.5, 0.6) is 5.75 Å². The van der Waals surface area contributed by atoms with Crippen molar-refractivity contribution in [1.82, 2.24) is 4.98 Å². The molecule has 6 rings (SSSR count). The molecule has 0 spiro atoms. The monoisotopic (exact) mass is 604 g/mol. The van der Waals surface area contributed by atoms with Crippen molar-refractivity contribution >= 4 is 29.0 Å². The van der Waals surface area contributed by atoms with Crippen LogP contribution in [0.2, 0.25) is 0 Å². The number of ether oxygens (including phenoxy) is 1. The van der Waals surface area contributed by atoms with E-state index in [9.17, 15) is 19.1 Å². The lowest BCUT2D eigenvalue weighted by Crippen LogP contribution is -2.14. The molecular weight excluding hydrogens is 563 g/mol. The van der Waals surface area contributed by atoms with E-state index in [1.165, 1.54) is 6.07 Å². The number of halogens is 1. The third kappa shape index (κ3) is 7.27. The topological polar surface area (TPSA) is 113 Å². The molecule has 0 saturated heterocycles. The molecule has 0 saturated carbocycles. The quantitative estimate of drug-likeness (QED) is 0.245. The fraction of sp³-hybridized carbons (Fsp3) is 0.400. The largest absolute Gasteiger partial charge is 0.490 e. The van der Waals surface area contributed by atoms with E-state index in [4.69, 9.17) is 14.3 Å². The van der Waals surface area contributed by atoms with Crippen LogP contribution >= 0.6 is 0 Å². The smallest absolute Gasteiger partial charge is 0.307 e. The van der Waals surface area contributed by atoms with Gasteiger partial charge in [-0.05, 0) is 112 Å². The summed E-state index contributed by atoms with van der Waals surface area (Å²) in [7, 11) is 2.04. The van der Waals surface area contributed by atoms with Crippen molar-refractivity contribution < 1.29 is 33.3 Å². The SMILES string of the molecule is CC(C)(C)O.Cc1cc2c(c(-c3cc(F)c4c(c3C)CCCO4)c1CC(=O)O)CCN2C.Cc1nc2cccc(C=O)c2o1. The normalized spacial score (nSPS) is 13.6. The molecule has 0 fully saturated rings. The Morgan fingerprint density at radius 2 is 1.84 bits per heavy atom. The van der Waals surface area contributed by atoms with Crippen molar-refractivity contribution in [2.24, 2.45) is 0 Å². The van der Waals surface area contributed by atoms with E-state index < -0.39 is 11.6 Å². The van der Waals surface area contributed by atoms with Crippen molar-refractivity contribution in [3.63, 3.8) is 0 Å². The van der Waals surface area contributed by atoms with E-state index in [1.54, 1.807) is 39.8 Å². The van der Waals surface area contributed by atoms with E-state index in [2.05, 4.69) is 16.0 Å². The average molecular weight is 605 g/mol. The van der Waals surface area contributed by atoms with E-state index >= 15 is 0 Å². The Hall–Kier alpha value is -4.24. The second-order valence-corrected chi connectivity index (χ2v) is 12.3. The molecule has 4 aromatic rings. The van der Waals surface area contributed by atoms with Crippen molar-refractivity contribution in [1.29, 1.82) is 0 Å². The van der Waals surface area contributed by atoms with Gasteiger partial charge in [0.2, 0.25) is 0 Å². The molecule has 3 aromatic carbocycles. The predicted molar refractivity (Wildman–Crippen MR) is 170 cm³/mol. The Morgan fingerprint density at radius 3 is 2.50 bits per heavy atom. The number of carbonyl (C=O) groups excluding carboxylic acids is 1. The van der Waals surface area contributed by atoms with Gasteiger partial charge < -0.3 is 24.3 Å². The summed E-state index contributed by atoms with van der Waals surface area (Å²) in [5, 5.41) is 18.0. The molecule has 0 atom stereocenters. The highest BCUT2D eigenvalue weighted by Gasteiger charge is 2.28. The molecule has 44 heavy (non-hydrogen) atoms. The predicted octanol–water partition coefficient (Wildman–Crippen LogP) is 6.78. The second kappa shape index (κ2) is 13.2. The van der Waals surface area contributed by atoms with Gasteiger partial charge in [-0.15, -0.1) is 0 Å². The number of aryl methyl sites for hydroxylation is 2. The molecule has 0 unspecified atom stereocenters. The third-order valence-corrected chi connectivity index (χ3v) is 7.56. The number of aldehydes is 1. The van der Waals surface area contributed by atoms with E-state index in [0.717, 1.165) is 82.2 Å². The maximum atomic E-state index is 14.9. The molecule has 2 aliphatic heterocycles. The minimum Gasteiger partial charge on any atom is -0.490 e. The maximum absolute atomic E-state index is 14.9. The number of nitrogens with zero attached hydrogens (tertiary/aromatic N) is 2. The Kier molecular flexibility index (Phi) is 9.78. The molecule has 0 amide bonds. The lowest BCUT2D eigenvalue weighted by atomic mass is 9.84. The molecule has 3 heterocycles. The number of carboxylic acids is 1.